The molecule has 1 aromatic heterocycles. The lowest BCUT2D eigenvalue weighted by Gasteiger charge is -2.10. The molecule has 5 nitrogen and oxygen atoms in total. The summed E-state index contributed by atoms with van der Waals surface area (Å²) in [4.78, 5) is 13.2. The number of aromatic nitrogens is 1. The van der Waals surface area contributed by atoms with Gasteiger partial charge in [0.25, 0.3) is 5.91 Å². The summed E-state index contributed by atoms with van der Waals surface area (Å²) >= 11 is 0. The fraction of sp³-hybridized carbons (Fsp3) is 0.158. The van der Waals surface area contributed by atoms with Crippen molar-refractivity contribution in [3.63, 3.8) is 0 Å². The number of nitrogens with zero attached hydrogens (tertiary/aromatic N) is 2. The standard InChI is InChI=1S/C19H19N3O2/c1-22(2)12-13-3-5-14(6-4-13)15-7-9-16(10-8-15)17-11-18(19(20)23)24-21-17/h3-11H,12H2,1-2H3,(H2,20,23). The molecule has 0 spiro atoms. The zero-order valence-electron chi connectivity index (χ0n) is 13.7. The third kappa shape index (κ3) is 3.52. The van der Waals surface area contributed by atoms with Gasteiger partial charge in [-0.3, -0.25) is 4.79 Å². The molecule has 1 heterocycles. The zero-order chi connectivity index (χ0) is 17.1. The molecule has 3 rings (SSSR count). The van der Waals surface area contributed by atoms with Crippen LogP contribution in [0.25, 0.3) is 22.4 Å². The smallest absolute Gasteiger partial charge is 0.287 e. The maximum absolute atomic E-state index is 11.1. The van der Waals surface area contributed by atoms with Crippen molar-refractivity contribution in [3.05, 3.63) is 65.9 Å². The minimum atomic E-state index is -0.622. The highest BCUT2D eigenvalue weighted by Crippen LogP contribution is 2.25. The number of carbonyl (C=O) groups excluding carboxylic acids is 1. The Bertz CT molecular complexity index is 834. The number of nitrogens with two attached hydrogens (primary N) is 1. The minimum absolute atomic E-state index is 0.0607. The number of primary amides is 1. The van der Waals surface area contributed by atoms with Crippen molar-refractivity contribution in [1.82, 2.24) is 10.1 Å². The summed E-state index contributed by atoms with van der Waals surface area (Å²) in [7, 11) is 4.11. The van der Waals surface area contributed by atoms with Crippen LogP contribution in [0, 0.1) is 0 Å². The first kappa shape index (κ1) is 16.0. The largest absolute Gasteiger partial charge is 0.363 e. The molecule has 2 N–H and O–H groups in total. The predicted octanol–water partition coefficient (Wildman–Crippen LogP) is 3.17. The van der Waals surface area contributed by atoms with Crippen LogP contribution in [-0.2, 0) is 6.54 Å². The van der Waals surface area contributed by atoms with E-state index in [1.54, 1.807) is 6.07 Å². The molecule has 0 atom stereocenters. The summed E-state index contributed by atoms with van der Waals surface area (Å²) in [5, 5.41) is 3.87. The third-order valence-electron chi connectivity index (χ3n) is 3.72. The van der Waals surface area contributed by atoms with Crippen LogP contribution in [0.5, 0.6) is 0 Å². The zero-order valence-corrected chi connectivity index (χ0v) is 13.7. The van der Waals surface area contributed by atoms with Gasteiger partial charge in [0.2, 0.25) is 5.76 Å². The van der Waals surface area contributed by atoms with Crippen LogP contribution in [0.15, 0.2) is 59.1 Å². The first-order valence-corrected chi connectivity index (χ1v) is 7.64. The molecule has 0 aliphatic heterocycles. The van der Waals surface area contributed by atoms with Gasteiger partial charge >= 0.3 is 0 Å². The van der Waals surface area contributed by atoms with E-state index < -0.39 is 5.91 Å². The molecule has 24 heavy (non-hydrogen) atoms. The highest BCUT2D eigenvalue weighted by atomic mass is 16.5. The summed E-state index contributed by atoms with van der Waals surface area (Å²) in [6.07, 6.45) is 0. The van der Waals surface area contributed by atoms with E-state index in [9.17, 15) is 4.79 Å². The Balaban J connectivity index is 1.79. The van der Waals surface area contributed by atoms with E-state index in [-0.39, 0.29) is 5.76 Å². The second-order valence-corrected chi connectivity index (χ2v) is 5.95. The second-order valence-electron chi connectivity index (χ2n) is 5.95. The van der Waals surface area contributed by atoms with Crippen LogP contribution in [0.1, 0.15) is 16.1 Å². The Kier molecular flexibility index (Phi) is 4.44. The maximum Gasteiger partial charge on any atom is 0.287 e. The molecule has 0 fully saturated rings. The number of hydrogen-bond donors (Lipinski definition) is 1. The Morgan fingerprint density at radius 1 is 1.00 bits per heavy atom. The van der Waals surface area contributed by atoms with E-state index in [0.717, 1.165) is 23.2 Å². The van der Waals surface area contributed by atoms with Crippen molar-refractivity contribution in [2.45, 2.75) is 6.54 Å². The number of hydrogen-bond acceptors (Lipinski definition) is 4. The molecule has 3 aromatic rings. The molecule has 0 saturated heterocycles. The van der Waals surface area contributed by atoms with Crippen LogP contribution >= 0.6 is 0 Å². The molecular weight excluding hydrogens is 302 g/mol. The van der Waals surface area contributed by atoms with Gasteiger partial charge in [-0.2, -0.15) is 0 Å². The van der Waals surface area contributed by atoms with Gasteiger partial charge in [0, 0.05) is 18.2 Å². The predicted molar refractivity (Wildman–Crippen MR) is 93.3 cm³/mol. The van der Waals surface area contributed by atoms with Crippen molar-refractivity contribution in [3.8, 4) is 22.4 Å². The summed E-state index contributed by atoms with van der Waals surface area (Å²) in [6.45, 7) is 0.924. The number of rotatable bonds is 5. The van der Waals surface area contributed by atoms with Crippen LogP contribution in [0.3, 0.4) is 0 Å². The summed E-state index contributed by atoms with van der Waals surface area (Å²) in [5.74, 6) is -0.561. The van der Waals surface area contributed by atoms with Gasteiger partial charge in [-0.1, -0.05) is 53.7 Å². The van der Waals surface area contributed by atoms with Gasteiger partial charge in [-0.15, -0.1) is 0 Å². The highest BCUT2D eigenvalue weighted by molar-refractivity contribution is 5.90. The van der Waals surface area contributed by atoms with Crippen LogP contribution in [0.4, 0.5) is 0 Å². The molecule has 5 heteroatoms. The average Bonchev–Trinajstić information content (AvgIpc) is 3.05. The SMILES string of the molecule is CN(C)Cc1ccc(-c2ccc(-c3cc(C(N)=O)on3)cc2)cc1. The first-order valence-electron chi connectivity index (χ1n) is 7.64. The fourth-order valence-electron chi connectivity index (χ4n) is 2.53. The fourth-order valence-corrected chi connectivity index (χ4v) is 2.53. The van der Waals surface area contributed by atoms with Gasteiger partial charge in [0.15, 0.2) is 0 Å². The lowest BCUT2D eigenvalue weighted by atomic mass is 10.0. The highest BCUT2D eigenvalue weighted by Gasteiger charge is 2.10. The van der Waals surface area contributed by atoms with Crippen molar-refractivity contribution < 1.29 is 9.32 Å². The van der Waals surface area contributed by atoms with Crippen LogP contribution in [0.2, 0.25) is 0 Å². The van der Waals surface area contributed by atoms with Crippen LogP contribution in [-0.4, -0.2) is 30.1 Å². The van der Waals surface area contributed by atoms with Crippen LogP contribution < -0.4 is 5.73 Å². The first-order chi connectivity index (χ1) is 11.5. The van der Waals surface area contributed by atoms with Crippen molar-refractivity contribution in [2.24, 2.45) is 5.73 Å². The Morgan fingerprint density at radius 2 is 1.54 bits per heavy atom. The molecule has 122 valence electrons. The summed E-state index contributed by atoms with van der Waals surface area (Å²) < 4.78 is 4.91. The molecule has 0 aliphatic rings. The van der Waals surface area contributed by atoms with Crippen molar-refractivity contribution in [2.75, 3.05) is 14.1 Å². The third-order valence-corrected chi connectivity index (χ3v) is 3.72. The van der Waals surface area contributed by atoms with Gasteiger partial charge in [0.1, 0.15) is 5.69 Å². The van der Waals surface area contributed by atoms with Crippen molar-refractivity contribution in [1.29, 1.82) is 0 Å². The van der Waals surface area contributed by atoms with Gasteiger partial charge < -0.3 is 15.2 Å². The number of benzene rings is 2. The second kappa shape index (κ2) is 6.68. The minimum Gasteiger partial charge on any atom is -0.363 e. The Hall–Kier alpha value is -2.92. The molecule has 0 bridgehead atoms. The van der Waals surface area contributed by atoms with Crippen molar-refractivity contribution >= 4 is 5.91 Å². The molecule has 0 aliphatic carbocycles. The van der Waals surface area contributed by atoms with Gasteiger partial charge in [-0.25, -0.2) is 0 Å². The van der Waals surface area contributed by atoms with E-state index in [0.29, 0.717) is 5.69 Å². The molecule has 2 aromatic carbocycles. The van der Waals surface area contributed by atoms with E-state index in [1.165, 1.54) is 5.56 Å². The van der Waals surface area contributed by atoms with E-state index in [1.807, 2.05) is 24.3 Å². The van der Waals surface area contributed by atoms with E-state index >= 15 is 0 Å². The van der Waals surface area contributed by atoms with E-state index in [2.05, 4.69) is 48.4 Å². The number of amides is 1. The normalized spacial score (nSPS) is 11.0. The quantitative estimate of drug-likeness (QED) is 0.783. The van der Waals surface area contributed by atoms with E-state index in [4.69, 9.17) is 10.3 Å². The average molecular weight is 321 g/mol. The summed E-state index contributed by atoms with van der Waals surface area (Å²) in [5.41, 5.74) is 10.2. The Morgan fingerprint density at radius 3 is 2.04 bits per heavy atom. The molecular formula is C19H19N3O2. The lowest BCUT2D eigenvalue weighted by Crippen LogP contribution is -2.10. The lowest BCUT2D eigenvalue weighted by molar-refractivity contribution is 0.0965. The van der Waals surface area contributed by atoms with Gasteiger partial charge in [-0.05, 0) is 30.8 Å². The van der Waals surface area contributed by atoms with Gasteiger partial charge in [0.05, 0.1) is 0 Å². The Labute approximate surface area is 140 Å². The molecule has 0 radical (unpaired) electrons. The number of carbonyl (C=O) groups is 1. The maximum atomic E-state index is 11.1. The topological polar surface area (TPSA) is 72.4 Å². The summed E-state index contributed by atoms with van der Waals surface area (Å²) in [6, 6.07) is 18.0. The molecule has 0 saturated carbocycles. The molecule has 0 unspecified atom stereocenters. The molecule has 1 amide bonds. The monoisotopic (exact) mass is 321 g/mol.